The normalized spacial score (nSPS) is 13.7. The van der Waals surface area contributed by atoms with Crippen LogP contribution in [0.2, 0.25) is 0 Å². The second-order valence-corrected chi connectivity index (χ2v) is 5.04. The summed E-state index contributed by atoms with van der Waals surface area (Å²) in [6, 6.07) is 5.62. The predicted octanol–water partition coefficient (Wildman–Crippen LogP) is 2.22. The van der Waals surface area contributed by atoms with Gasteiger partial charge in [0.2, 0.25) is 0 Å². The maximum atomic E-state index is 5.90. The van der Waals surface area contributed by atoms with Crippen molar-refractivity contribution in [2.75, 3.05) is 12.5 Å². The fourth-order valence-corrected chi connectivity index (χ4v) is 2.71. The molecule has 0 amide bonds. The van der Waals surface area contributed by atoms with Crippen LogP contribution in [0.3, 0.4) is 0 Å². The van der Waals surface area contributed by atoms with Crippen LogP contribution in [0.4, 0.5) is 5.69 Å². The molecule has 2 N–H and O–H groups in total. The predicted molar refractivity (Wildman–Crippen MR) is 72.7 cm³/mol. The SMILES string of the molecule is Nc1cc2c(c(CSc3ncccn3)c1)OCOC2. The molecule has 98 valence electrons. The largest absolute Gasteiger partial charge is 0.467 e. The molecule has 0 atom stereocenters. The number of nitrogens with zero attached hydrogens (tertiary/aromatic N) is 2. The molecule has 6 heteroatoms. The van der Waals surface area contributed by atoms with E-state index >= 15 is 0 Å². The van der Waals surface area contributed by atoms with Gasteiger partial charge >= 0.3 is 0 Å². The molecule has 2 heterocycles. The lowest BCUT2D eigenvalue weighted by Gasteiger charge is -2.21. The molecule has 0 bridgehead atoms. The van der Waals surface area contributed by atoms with Crippen LogP contribution in [0.1, 0.15) is 11.1 Å². The van der Waals surface area contributed by atoms with Crippen LogP contribution in [0.15, 0.2) is 35.7 Å². The Bertz CT molecular complexity index is 578. The summed E-state index contributed by atoms with van der Waals surface area (Å²) in [4.78, 5) is 8.37. The van der Waals surface area contributed by atoms with Crippen molar-refractivity contribution >= 4 is 17.4 Å². The van der Waals surface area contributed by atoms with Gasteiger partial charge in [0, 0.05) is 35.0 Å². The first-order valence-electron chi connectivity index (χ1n) is 5.84. The number of thioether (sulfide) groups is 1. The van der Waals surface area contributed by atoms with E-state index < -0.39 is 0 Å². The molecule has 1 aromatic heterocycles. The van der Waals surface area contributed by atoms with Crippen LogP contribution in [0.5, 0.6) is 5.75 Å². The average molecular weight is 275 g/mol. The Labute approximate surface area is 115 Å². The highest BCUT2D eigenvalue weighted by Crippen LogP contribution is 2.34. The first kappa shape index (κ1) is 12.3. The Morgan fingerprint density at radius 3 is 2.95 bits per heavy atom. The topological polar surface area (TPSA) is 70.3 Å². The molecule has 1 aliphatic heterocycles. The molecule has 0 saturated carbocycles. The summed E-state index contributed by atoms with van der Waals surface area (Å²) < 4.78 is 10.8. The van der Waals surface area contributed by atoms with Gasteiger partial charge in [-0.15, -0.1) is 0 Å². The highest BCUT2D eigenvalue weighted by atomic mass is 32.2. The lowest BCUT2D eigenvalue weighted by Crippen LogP contribution is -2.13. The van der Waals surface area contributed by atoms with Gasteiger partial charge in [0.25, 0.3) is 0 Å². The summed E-state index contributed by atoms with van der Waals surface area (Å²) in [6.45, 7) is 0.830. The van der Waals surface area contributed by atoms with Gasteiger partial charge in [0.1, 0.15) is 5.75 Å². The average Bonchev–Trinajstić information content (AvgIpc) is 2.45. The fourth-order valence-electron chi connectivity index (χ4n) is 1.94. The Hall–Kier alpha value is -1.79. The number of hydrogen-bond donors (Lipinski definition) is 1. The van der Waals surface area contributed by atoms with E-state index in [-0.39, 0.29) is 6.79 Å². The summed E-state index contributed by atoms with van der Waals surface area (Å²) in [6.07, 6.45) is 3.46. The third kappa shape index (κ3) is 2.80. The number of aromatic nitrogens is 2. The van der Waals surface area contributed by atoms with Crippen molar-refractivity contribution in [1.29, 1.82) is 0 Å². The van der Waals surface area contributed by atoms with Crippen LogP contribution in [-0.2, 0) is 17.1 Å². The van der Waals surface area contributed by atoms with E-state index in [4.69, 9.17) is 15.2 Å². The number of benzene rings is 1. The van der Waals surface area contributed by atoms with E-state index in [0.717, 1.165) is 33.5 Å². The van der Waals surface area contributed by atoms with Crippen molar-refractivity contribution in [2.45, 2.75) is 17.5 Å². The lowest BCUT2D eigenvalue weighted by molar-refractivity contribution is -0.0168. The van der Waals surface area contributed by atoms with Gasteiger partial charge in [-0.05, 0) is 18.2 Å². The molecule has 0 radical (unpaired) electrons. The molecule has 0 spiro atoms. The molecule has 1 aromatic carbocycles. The number of anilines is 1. The van der Waals surface area contributed by atoms with E-state index in [0.29, 0.717) is 6.61 Å². The highest BCUT2D eigenvalue weighted by molar-refractivity contribution is 7.98. The maximum absolute atomic E-state index is 5.90. The van der Waals surface area contributed by atoms with Crippen LogP contribution in [0, 0.1) is 0 Å². The smallest absolute Gasteiger partial charge is 0.189 e. The van der Waals surface area contributed by atoms with Crippen molar-refractivity contribution in [3.8, 4) is 5.75 Å². The van der Waals surface area contributed by atoms with Crippen LogP contribution in [-0.4, -0.2) is 16.8 Å². The minimum absolute atomic E-state index is 0.288. The molecule has 2 aromatic rings. The van der Waals surface area contributed by atoms with Crippen molar-refractivity contribution in [3.63, 3.8) is 0 Å². The standard InChI is InChI=1S/C13H13N3O2S/c14-11-4-9-6-17-8-18-12(9)10(5-11)7-19-13-15-2-1-3-16-13/h1-5H,6-8,14H2. The van der Waals surface area contributed by atoms with Crippen molar-refractivity contribution < 1.29 is 9.47 Å². The number of nitrogens with two attached hydrogens (primary N) is 1. The van der Waals surface area contributed by atoms with E-state index in [1.165, 1.54) is 0 Å². The summed E-state index contributed by atoms with van der Waals surface area (Å²) >= 11 is 1.56. The van der Waals surface area contributed by atoms with E-state index in [1.54, 1.807) is 30.2 Å². The maximum Gasteiger partial charge on any atom is 0.189 e. The summed E-state index contributed by atoms with van der Waals surface area (Å²) in [5.41, 5.74) is 8.67. The van der Waals surface area contributed by atoms with Gasteiger partial charge in [-0.25, -0.2) is 9.97 Å². The molecule has 0 saturated heterocycles. The van der Waals surface area contributed by atoms with Gasteiger partial charge < -0.3 is 15.2 Å². The highest BCUT2D eigenvalue weighted by Gasteiger charge is 2.16. The van der Waals surface area contributed by atoms with Crippen LogP contribution in [0.25, 0.3) is 0 Å². The quantitative estimate of drug-likeness (QED) is 0.526. The minimum Gasteiger partial charge on any atom is -0.467 e. The fraction of sp³-hybridized carbons (Fsp3) is 0.231. The molecule has 3 rings (SSSR count). The number of nitrogen functional groups attached to an aromatic ring is 1. The second-order valence-electron chi connectivity index (χ2n) is 4.10. The number of fused-ring (bicyclic) bond motifs is 1. The van der Waals surface area contributed by atoms with Crippen LogP contribution >= 0.6 is 11.8 Å². The number of ether oxygens (including phenoxy) is 2. The Morgan fingerprint density at radius 2 is 2.11 bits per heavy atom. The van der Waals surface area contributed by atoms with Crippen LogP contribution < -0.4 is 10.5 Å². The Kier molecular flexibility index (Phi) is 3.52. The van der Waals surface area contributed by atoms with Gasteiger partial charge in [0.05, 0.1) is 6.61 Å². The van der Waals surface area contributed by atoms with Crippen molar-refractivity contribution in [2.24, 2.45) is 0 Å². The van der Waals surface area contributed by atoms with E-state index in [9.17, 15) is 0 Å². The first-order valence-corrected chi connectivity index (χ1v) is 6.83. The summed E-state index contributed by atoms with van der Waals surface area (Å²) in [5.74, 6) is 1.60. The molecule has 19 heavy (non-hydrogen) atoms. The monoisotopic (exact) mass is 275 g/mol. The Morgan fingerprint density at radius 1 is 1.26 bits per heavy atom. The van der Waals surface area contributed by atoms with Gasteiger partial charge in [0.15, 0.2) is 11.9 Å². The van der Waals surface area contributed by atoms with Gasteiger partial charge in [-0.3, -0.25) is 0 Å². The molecular formula is C13H13N3O2S. The van der Waals surface area contributed by atoms with Gasteiger partial charge in [-0.2, -0.15) is 0 Å². The molecule has 0 aliphatic carbocycles. The van der Waals surface area contributed by atoms with E-state index in [1.807, 2.05) is 12.1 Å². The summed E-state index contributed by atoms with van der Waals surface area (Å²) in [7, 11) is 0. The molecule has 0 fully saturated rings. The lowest BCUT2D eigenvalue weighted by atomic mass is 10.1. The Balaban J connectivity index is 1.82. The zero-order chi connectivity index (χ0) is 13.1. The molecule has 0 unspecified atom stereocenters. The van der Waals surface area contributed by atoms with Crippen molar-refractivity contribution in [1.82, 2.24) is 9.97 Å². The second kappa shape index (κ2) is 5.46. The molecule has 5 nitrogen and oxygen atoms in total. The number of rotatable bonds is 3. The third-order valence-corrected chi connectivity index (χ3v) is 3.63. The van der Waals surface area contributed by atoms with Gasteiger partial charge in [-0.1, -0.05) is 11.8 Å². The number of hydrogen-bond acceptors (Lipinski definition) is 6. The molecule has 1 aliphatic rings. The minimum atomic E-state index is 0.288. The summed E-state index contributed by atoms with van der Waals surface area (Å²) in [5, 5.41) is 0.741. The first-order chi connectivity index (χ1) is 9.33. The zero-order valence-electron chi connectivity index (χ0n) is 10.2. The van der Waals surface area contributed by atoms with E-state index in [2.05, 4.69) is 9.97 Å². The van der Waals surface area contributed by atoms with Crippen molar-refractivity contribution in [3.05, 3.63) is 41.7 Å². The zero-order valence-corrected chi connectivity index (χ0v) is 11.0. The molecular weight excluding hydrogens is 262 g/mol. The third-order valence-electron chi connectivity index (χ3n) is 2.71.